The number of hydrogen-bond acceptors (Lipinski definition) is 4. The first-order valence-electron chi connectivity index (χ1n) is 5.32. The summed E-state index contributed by atoms with van der Waals surface area (Å²) in [5.41, 5.74) is -2.32. The molecule has 2 unspecified atom stereocenters. The fourth-order valence-corrected chi connectivity index (χ4v) is 1.24. The molecule has 102 valence electrons. The lowest BCUT2D eigenvalue weighted by atomic mass is 10.1. The van der Waals surface area contributed by atoms with Crippen molar-refractivity contribution in [3.63, 3.8) is 0 Å². The van der Waals surface area contributed by atoms with Gasteiger partial charge in [0.05, 0.1) is 6.10 Å². The summed E-state index contributed by atoms with van der Waals surface area (Å²) in [5.74, 6) is 0. The minimum atomic E-state index is -4.71. The van der Waals surface area contributed by atoms with E-state index in [9.17, 15) is 18.3 Å². The van der Waals surface area contributed by atoms with Crippen molar-refractivity contribution in [2.24, 2.45) is 0 Å². The number of aromatic nitrogens is 1. The van der Waals surface area contributed by atoms with E-state index < -0.39 is 24.4 Å². The SMILES string of the molecule is CC(O)(CNCC(O)c1cccnc1)C(F)(F)F. The zero-order valence-electron chi connectivity index (χ0n) is 9.78. The Hall–Kier alpha value is -1.18. The van der Waals surface area contributed by atoms with Crippen molar-refractivity contribution in [3.8, 4) is 0 Å². The van der Waals surface area contributed by atoms with E-state index >= 15 is 0 Å². The Morgan fingerprint density at radius 3 is 2.61 bits per heavy atom. The van der Waals surface area contributed by atoms with E-state index in [1.165, 1.54) is 12.4 Å². The molecule has 0 amide bonds. The zero-order chi connectivity index (χ0) is 13.8. The van der Waals surface area contributed by atoms with Crippen LogP contribution in [0.25, 0.3) is 0 Å². The molecule has 3 N–H and O–H groups in total. The second-order valence-electron chi connectivity index (χ2n) is 4.20. The standard InChI is InChI=1S/C11H15F3N2O2/c1-10(18,11(12,13)14)7-16-6-9(17)8-3-2-4-15-5-8/h2-5,9,16-18H,6-7H2,1H3. The van der Waals surface area contributed by atoms with Crippen LogP contribution in [-0.4, -0.2) is 40.1 Å². The van der Waals surface area contributed by atoms with Crippen LogP contribution in [0.3, 0.4) is 0 Å². The van der Waals surface area contributed by atoms with Crippen molar-refractivity contribution in [3.05, 3.63) is 30.1 Å². The molecule has 1 heterocycles. The van der Waals surface area contributed by atoms with Gasteiger partial charge in [-0.1, -0.05) is 6.07 Å². The summed E-state index contributed by atoms with van der Waals surface area (Å²) in [6, 6.07) is 3.23. The lowest BCUT2D eigenvalue weighted by Crippen LogP contribution is -2.50. The van der Waals surface area contributed by atoms with Gasteiger partial charge in [-0.25, -0.2) is 0 Å². The predicted molar refractivity (Wildman–Crippen MR) is 58.7 cm³/mol. The van der Waals surface area contributed by atoms with E-state index in [-0.39, 0.29) is 6.54 Å². The molecule has 18 heavy (non-hydrogen) atoms. The molecule has 0 radical (unpaired) electrons. The van der Waals surface area contributed by atoms with Crippen LogP contribution in [0.15, 0.2) is 24.5 Å². The molecule has 4 nitrogen and oxygen atoms in total. The first kappa shape index (κ1) is 14.9. The van der Waals surface area contributed by atoms with Crippen LogP contribution in [-0.2, 0) is 0 Å². The number of alkyl halides is 3. The lowest BCUT2D eigenvalue weighted by molar-refractivity contribution is -0.250. The fourth-order valence-electron chi connectivity index (χ4n) is 1.24. The number of aliphatic hydroxyl groups is 2. The van der Waals surface area contributed by atoms with Gasteiger partial charge in [-0.05, 0) is 13.0 Å². The van der Waals surface area contributed by atoms with Crippen LogP contribution in [0.5, 0.6) is 0 Å². The molecule has 0 aromatic carbocycles. The minimum Gasteiger partial charge on any atom is -0.387 e. The van der Waals surface area contributed by atoms with Crippen molar-refractivity contribution in [2.75, 3.05) is 13.1 Å². The van der Waals surface area contributed by atoms with Gasteiger partial charge in [0.25, 0.3) is 0 Å². The largest absolute Gasteiger partial charge is 0.418 e. The summed E-state index contributed by atoms with van der Waals surface area (Å²) >= 11 is 0. The minimum absolute atomic E-state index is 0.0993. The molecule has 1 rings (SSSR count). The van der Waals surface area contributed by atoms with Gasteiger partial charge < -0.3 is 15.5 Å². The first-order valence-corrected chi connectivity index (χ1v) is 5.32. The Morgan fingerprint density at radius 2 is 2.11 bits per heavy atom. The topological polar surface area (TPSA) is 65.4 Å². The van der Waals surface area contributed by atoms with Crippen molar-refractivity contribution in [1.29, 1.82) is 0 Å². The number of aliphatic hydroxyl groups excluding tert-OH is 1. The van der Waals surface area contributed by atoms with Gasteiger partial charge >= 0.3 is 6.18 Å². The summed E-state index contributed by atoms with van der Waals surface area (Å²) in [6.07, 6.45) is -2.73. The Labute approximate surface area is 102 Å². The Kier molecular flexibility index (Phi) is 4.66. The number of nitrogens with zero attached hydrogens (tertiary/aromatic N) is 1. The van der Waals surface area contributed by atoms with Crippen LogP contribution < -0.4 is 5.32 Å². The van der Waals surface area contributed by atoms with Crippen LogP contribution in [0.2, 0.25) is 0 Å². The summed E-state index contributed by atoms with van der Waals surface area (Å²) < 4.78 is 37.0. The number of rotatable bonds is 5. The highest BCUT2D eigenvalue weighted by molar-refractivity contribution is 5.12. The van der Waals surface area contributed by atoms with E-state index in [2.05, 4.69) is 10.3 Å². The molecule has 2 atom stereocenters. The first-order chi connectivity index (χ1) is 8.24. The highest BCUT2D eigenvalue weighted by Gasteiger charge is 2.49. The Morgan fingerprint density at radius 1 is 1.44 bits per heavy atom. The van der Waals surface area contributed by atoms with Crippen LogP contribution in [0, 0.1) is 0 Å². The quantitative estimate of drug-likeness (QED) is 0.743. The molecule has 0 spiro atoms. The van der Waals surface area contributed by atoms with Crippen LogP contribution in [0.1, 0.15) is 18.6 Å². The van der Waals surface area contributed by atoms with Crippen molar-refractivity contribution in [1.82, 2.24) is 10.3 Å². The average Bonchev–Trinajstić information content (AvgIpc) is 2.28. The second-order valence-corrected chi connectivity index (χ2v) is 4.20. The highest BCUT2D eigenvalue weighted by atomic mass is 19.4. The summed E-state index contributed by atoms with van der Waals surface area (Å²) in [5, 5.41) is 21.2. The van der Waals surface area contributed by atoms with Crippen LogP contribution in [0.4, 0.5) is 13.2 Å². The van der Waals surface area contributed by atoms with Gasteiger partial charge in [0, 0.05) is 31.0 Å². The maximum atomic E-state index is 12.3. The predicted octanol–water partition coefficient (Wildman–Crippen LogP) is 1.02. The number of hydrogen-bond donors (Lipinski definition) is 3. The molecule has 1 aromatic heterocycles. The number of pyridine rings is 1. The Balaban J connectivity index is 2.43. The van der Waals surface area contributed by atoms with Gasteiger partial charge in [-0.3, -0.25) is 4.98 Å². The van der Waals surface area contributed by atoms with Crippen molar-refractivity contribution >= 4 is 0 Å². The molecule has 0 aliphatic heterocycles. The molecule has 1 aromatic rings. The summed E-state index contributed by atoms with van der Waals surface area (Å²) in [4.78, 5) is 3.78. The number of nitrogens with one attached hydrogen (secondary N) is 1. The third-order valence-corrected chi connectivity index (χ3v) is 2.49. The Bertz CT molecular complexity index is 368. The third kappa shape index (κ3) is 3.94. The third-order valence-electron chi connectivity index (χ3n) is 2.49. The fraction of sp³-hybridized carbons (Fsp3) is 0.545. The van der Waals surface area contributed by atoms with E-state index in [4.69, 9.17) is 5.11 Å². The molecule has 0 saturated carbocycles. The maximum absolute atomic E-state index is 12.3. The zero-order valence-corrected chi connectivity index (χ0v) is 9.78. The molecule has 0 aliphatic carbocycles. The summed E-state index contributed by atoms with van der Waals surface area (Å²) in [6.45, 7) is -0.109. The van der Waals surface area contributed by atoms with Crippen LogP contribution >= 0.6 is 0 Å². The van der Waals surface area contributed by atoms with E-state index in [1.54, 1.807) is 12.1 Å². The summed E-state index contributed by atoms with van der Waals surface area (Å²) in [7, 11) is 0. The molecule has 0 saturated heterocycles. The van der Waals surface area contributed by atoms with Gasteiger partial charge in [0.2, 0.25) is 0 Å². The van der Waals surface area contributed by atoms with E-state index in [1.807, 2.05) is 0 Å². The average molecular weight is 264 g/mol. The molecular weight excluding hydrogens is 249 g/mol. The highest BCUT2D eigenvalue weighted by Crippen LogP contribution is 2.29. The lowest BCUT2D eigenvalue weighted by Gasteiger charge is -2.27. The van der Waals surface area contributed by atoms with E-state index in [0.717, 1.165) is 0 Å². The van der Waals surface area contributed by atoms with Gasteiger partial charge in [0.15, 0.2) is 5.60 Å². The molecule has 0 fully saturated rings. The second kappa shape index (κ2) is 5.64. The molecule has 0 bridgehead atoms. The van der Waals surface area contributed by atoms with Crippen molar-refractivity contribution in [2.45, 2.75) is 24.8 Å². The normalized spacial score (nSPS) is 17.2. The smallest absolute Gasteiger partial charge is 0.387 e. The maximum Gasteiger partial charge on any atom is 0.418 e. The monoisotopic (exact) mass is 264 g/mol. The molecule has 7 heteroatoms. The number of halogens is 3. The van der Waals surface area contributed by atoms with Gasteiger partial charge in [0.1, 0.15) is 0 Å². The molecule has 0 aliphatic rings. The van der Waals surface area contributed by atoms with E-state index in [0.29, 0.717) is 12.5 Å². The van der Waals surface area contributed by atoms with Gasteiger partial charge in [-0.15, -0.1) is 0 Å². The van der Waals surface area contributed by atoms with Gasteiger partial charge in [-0.2, -0.15) is 13.2 Å². The molecular formula is C11H15F3N2O2. The van der Waals surface area contributed by atoms with Crippen molar-refractivity contribution < 1.29 is 23.4 Å².